The van der Waals surface area contributed by atoms with E-state index in [9.17, 15) is 9.18 Å². The van der Waals surface area contributed by atoms with Gasteiger partial charge in [-0.15, -0.1) is 11.3 Å². The minimum atomic E-state index is -0.311. The molecule has 0 radical (unpaired) electrons. The second-order valence-corrected chi connectivity index (χ2v) is 6.30. The van der Waals surface area contributed by atoms with Gasteiger partial charge < -0.3 is 15.4 Å². The molecule has 2 N–H and O–H groups in total. The van der Waals surface area contributed by atoms with Crippen LogP contribution in [-0.2, 0) is 11.3 Å². The maximum absolute atomic E-state index is 12.8. The molecule has 1 aromatic heterocycles. The number of hydrogen-bond acceptors (Lipinski definition) is 3. The number of benzene rings is 1. The third-order valence-electron chi connectivity index (χ3n) is 3.01. The number of methoxy groups -OCH3 is 1. The molecule has 4 nitrogen and oxygen atoms in total. The highest BCUT2D eigenvalue weighted by Gasteiger charge is 2.14. The van der Waals surface area contributed by atoms with E-state index in [4.69, 9.17) is 16.3 Å². The number of halogens is 2. The second kappa shape index (κ2) is 8.12. The first-order valence-electron chi connectivity index (χ1n) is 6.62. The minimum absolute atomic E-state index is 0.242. The lowest BCUT2D eigenvalue weighted by Crippen LogP contribution is -2.37. The lowest BCUT2D eigenvalue weighted by Gasteiger charge is -2.15. The van der Waals surface area contributed by atoms with Gasteiger partial charge in [0.05, 0.1) is 10.9 Å². The molecule has 1 atom stereocenters. The van der Waals surface area contributed by atoms with E-state index in [0.29, 0.717) is 17.4 Å². The van der Waals surface area contributed by atoms with Crippen LogP contribution in [0.15, 0.2) is 36.4 Å². The van der Waals surface area contributed by atoms with E-state index in [2.05, 4.69) is 10.6 Å². The predicted octanol–water partition coefficient (Wildman–Crippen LogP) is 3.73. The van der Waals surface area contributed by atoms with Crippen molar-refractivity contribution in [3.05, 3.63) is 57.0 Å². The number of nitrogens with one attached hydrogen (secondary N) is 2. The molecule has 118 valence electrons. The Morgan fingerprint density at radius 3 is 2.59 bits per heavy atom. The van der Waals surface area contributed by atoms with Crippen molar-refractivity contribution in [3.63, 3.8) is 0 Å². The Morgan fingerprint density at radius 2 is 2.00 bits per heavy atom. The van der Waals surface area contributed by atoms with Crippen LogP contribution in [0.2, 0.25) is 4.34 Å². The maximum Gasteiger partial charge on any atom is 0.315 e. The van der Waals surface area contributed by atoms with Gasteiger partial charge >= 0.3 is 6.03 Å². The Bertz CT molecular complexity index is 618. The van der Waals surface area contributed by atoms with Crippen molar-refractivity contribution in [3.8, 4) is 0 Å². The summed E-state index contributed by atoms with van der Waals surface area (Å²) >= 11 is 7.31. The highest BCUT2D eigenvalue weighted by molar-refractivity contribution is 7.16. The summed E-state index contributed by atoms with van der Waals surface area (Å²) in [5.74, 6) is -0.300. The van der Waals surface area contributed by atoms with Crippen molar-refractivity contribution >= 4 is 29.0 Å². The number of carbonyl (C=O) groups excluding carboxylic acids is 1. The van der Waals surface area contributed by atoms with E-state index in [1.54, 1.807) is 25.3 Å². The normalized spacial score (nSPS) is 12.0. The fraction of sp³-hybridized carbons (Fsp3) is 0.267. The SMILES string of the molecule is CO[C@@H](CNC(=O)NCc1ccc(F)cc1)c1ccc(Cl)s1. The molecule has 0 saturated carbocycles. The molecule has 0 aliphatic heterocycles. The number of urea groups is 1. The third kappa shape index (κ3) is 4.98. The van der Waals surface area contributed by atoms with Crippen LogP contribution >= 0.6 is 22.9 Å². The fourth-order valence-corrected chi connectivity index (χ4v) is 2.97. The van der Waals surface area contributed by atoms with Crippen LogP contribution in [0.25, 0.3) is 0 Å². The van der Waals surface area contributed by atoms with Crippen molar-refractivity contribution in [2.45, 2.75) is 12.6 Å². The highest BCUT2D eigenvalue weighted by atomic mass is 35.5. The second-order valence-electron chi connectivity index (χ2n) is 4.56. The molecule has 7 heteroatoms. The maximum atomic E-state index is 12.8. The van der Waals surface area contributed by atoms with Crippen molar-refractivity contribution in [1.82, 2.24) is 10.6 Å². The molecule has 0 aliphatic carbocycles. The Labute approximate surface area is 137 Å². The number of hydrogen-bond donors (Lipinski definition) is 2. The van der Waals surface area contributed by atoms with Gasteiger partial charge in [0.15, 0.2) is 0 Å². The van der Waals surface area contributed by atoms with E-state index in [-0.39, 0.29) is 18.0 Å². The number of thiophene rings is 1. The molecule has 2 amide bonds. The summed E-state index contributed by atoms with van der Waals surface area (Å²) in [6.07, 6.45) is -0.242. The zero-order chi connectivity index (χ0) is 15.9. The first kappa shape index (κ1) is 16.7. The average molecular weight is 343 g/mol. The van der Waals surface area contributed by atoms with Gasteiger partial charge in [0.1, 0.15) is 11.9 Å². The van der Waals surface area contributed by atoms with Gasteiger partial charge in [0, 0.05) is 18.5 Å². The molecule has 2 aromatic rings. The van der Waals surface area contributed by atoms with Crippen molar-refractivity contribution in [2.75, 3.05) is 13.7 Å². The molecule has 0 bridgehead atoms. The van der Waals surface area contributed by atoms with Crippen molar-refractivity contribution < 1.29 is 13.9 Å². The number of carbonyl (C=O) groups is 1. The molecule has 1 heterocycles. The molecule has 0 unspecified atom stereocenters. The summed E-state index contributed by atoms with van der Waals surface area (Å²) in [5, 5.41) is 5.44. The van der Waals surface area contributed by atoms with Gasteiger partial charge in [-0.3, -0.25) is 0 Å². The van der Waals surface area contributed by atoms with Crippen LogP contribution in [-0.4, -0.2) is 19.7 Å². The Morgan fingerprint density at radius 1 is 1.27 bits per heavy atom. The summed E-state index contributed by atoms with van der Waals surface area (Å²) in [6.45, 7) is 0.664. The van der Waals surface area contributed by atoms with Crippen molar-refractivity contribution in [2.24, 2.45) is 0 Å². The van der Waals surface area contributed by atoms with E-state index in [1.807, 2.05) is 6.07 Å². The molecule has 22 heavy (non-hydrogen) atoms. The summed E-state index contributed by atoms with van der Waals surface area (Å²) in [6, 6.07) is 9.32. The first-order chi connectivity index (χ1) is 10.6. The predicted molar refractivity (Wildman–Crippen MR) is 85.7 cm³/mol. The van der Waals surface area contributed by atoms with Gasteiger partial charge in [-0.05, 0) is 29.8 Å². The fourth-order valence-electron chi connectivity index (χ4n) is 1.83. The minimum Gasteiger partial charge on any atom is -0.374 e. The molecular weight excluding hydrogens is 327 g/mol. The molecule has 1 aromatic carbocycles. The number of amides is 2. The van der Waals surface area contributed by atoms with Gasteiger partial charge in [0.2, 0.25) is 0 Å². The monoisotopic (exact) mass is 342 g/mol. The summed E-state index contributed by atoms with van der Waals surface area (Å²) < 4.78 is 18.8. The van der Waals surface area contributed by atoms with E-state index in [1.165, 1.54) is 23.5 Å². The average Bonchev–Trinajstić information content (AvgIpc) is 2.94. The van der Waals surface area contributed by atoms with Gasteiger partial charge in [-0.25, -0.2) is 9.18 Å². The van der Waals surface area contributed by atoms with Gasteiger partial charge in [-0.1, -0.05) is 23.7 Å². The quantitative estimate of drug-likeness (QED) is 0.840. The lowest BCUT2D eigenvalue weighted by atomic mass is 10.2. The Balaban J connectivity index is 1.78. The largest absolute Gasteiger partial charge is 0.374 e. The first-order valence-corrected chi connectivity index (χ1v) is 7.82. The summed E-state index contributed by atoms with van der Waals surface area (Å²) in [4.78, 5) is 12.7. The molecule has 0 aliphatic rings. The summed E-state index contributed by atoms with van der Waals surface area (Å²) in [7, 11) is 1.58. The van der Waals surface area contributed by atoms with Crippen LogP contribution in [0.1, 0.15) is 16.5 Å². The van der Waals surface area contributed by atoms with Crippen LogP contribution in [0.4, 0.5) is 9.18 Å². The van der Waals surface area contributed by atoms with Crippen molar-refractivity contribution in [1.29, 1.82) is 0 Å². The topological polar surface area (TPSA) is 50.4 Å². The third-order valence-corrected chi connectivity index (χ3v) is 4.33. The van der Waals surface area contributed by atoms with E-state index >= 15 is 0 Å². The zero-order valence-corrected chi connectivity index (χ0v) is 13.5. The number of rotatable bonds is 6. The van der Waals surface area contributed by atoms with E-state index < -0.39 is 0 Å². The smallest absolute Gasteiger partial charge is 0.315 e. The summed E-state index contributed by atoms with van der Waals surface area (Å²) in [5.41, 5.74) is 0.824. The Hall–Kier alpha value is -1.63. The molecule has 0 spiro atoms. The standard InChI is InChI=1S/C15H16ClFN2O2S/c1-21-12(13-6-7-14(16)22-13)9-19-15(20)18-8-10-2-4-11(17)5-3-10/h2-7,12H,8-9H2,1H3,(H2,18,19,20)/t12-/m0/s1. The molecule has 0 saturated heterocycles. The van der Waals surface area contributed by atoms with Gasteiger partial charge in [-0.2, -0.15) is 0 Å². The zero-order valence-electron chi connectivity index (χ0n) is 11.9. The lowest BCUT2D eigenvalue weighted by molar-refractivity contribution is 0.107. The van der Waals surface area contributed by atoms with E-state index in [0.717, 1.165) is 10.4 Å². The van der Waals surface area contributed by atoms with Gasteiger partial charge in [0.25, 0.3) is 0 Å². The van der Waals surface area contributed by atoms with Crippen LogP contribution in [0.3, 0.4) is 0 Å². The highest BCUT2D eigenvalue weighted by Crippen LogP contribution is 2.28. The number of ether oxygens (including phenoxy) is 1. The molecule has 0 fully saturated rings. The van der Waals surface area contributed by atoms with Crippen LogP contribution < -0.4 is 10.6 Å². The van der Waals surface area contributed by atoms with Crippen LogP contribution in [0, 0.1) is 5.82 Å². The molecule has 2 rings (SSSR count). The molecular formula is C15H16ClFN2O2S. The van der Waals surface area contributed by atoms with Crippen LogP contribution in [0.5, 0.6) is 0 Å². The Kier molecular flexibility index (Phi) is 6.18.